The second-order valence-electron chi connectivity index (χ2n) is 4.89. The molecule has 0 saturated carbocycles. The molecule has 0 aliphatic rings. The summed E-state index contributed by atoms with van der Waals surface area (Å²) in [6.07, 6.45) is 0. The number of phenolic OH excluding ortho intramolecular Hbond substituents is 1. The van der Waals surface area contributed by atoms with Crippen LogP contribution in [0, 0.1) is 13.8 Å². The predicted molar refractivity (Wildman–Crippen MR) is 82.9 cm³/mol. The van der Waals surface area contributed by atoms with Crippen molar-refractivity contribution >= 4 is 17.3 Å². The number of anilines is 2. The standard InChI is InChI=1S/C16H18N2O3/c1-9-6-10(2)15(19)14(7-9)18-16(20)12-8-11(21-3)4-5-13(12)17/h4-8,19H,17H2,1-3H3,(H,18,20). The Hall–Kier alpha value is -2.69. The number of methoxy groups -OCH3 is 1. The first-order valence-electron chi connectivity index (χ1n) is 6.47. The van der Waals surface area contributed by atoms with Gasteiger partial charge in [-0.15, -0.1) is 0 Å². The van der Waals surface area contributed by atoms with E-state index >= 15 is 0 Å². The summed E-state index contributed by atoms with van der Waals surface area (Å²) in [5.74, 6) is 0.195. The lowest BCUT2D eigenvalue weighted by atomic mass is 10.1. The van der Waals surface area contributed by atoms with Crippen molar-refractivity contribution in [1.29, 1.82) is 0 Å². The Labute approximate surface area is 123 Å². The van der Waals surface area contributed by atoms with E-state index in [4.69, 9.17) is 10.5 Å². The van der Waals surface area contributed by atoms with E-state index in [-0.39, 0.29) is 5.75 Å². The van der Waals surface area contributed by atoms with E-state index in [9.17, 15) is 9.90 Å². The first kappa shape index (κ1) is 14.7. The second-order valence-corrected chi connectivity index (χ2v) is 4.89. The number of hydrogen-bond acceptors (Lipinski definition) is 4. The second kappa shape index (κ2) is 5.75. The van der Waals surface area contributed by atoms with Crippen LogP contribution in [0.5, 0.6) is 11.5 Å². The molecule has 4 N–H and O–H groups in total. The van der Waals surface area contributed by atoms with Gasteiger partial charge in [0.05, 0.1) is 18.4 Å². The SMILES string of the molecule is COc1ccc(N)c(C(=O)Nc2cc(C)cc(C)c2O)c1. The number of hydrogen-bond donors (Lipinski definition) is 3. The summed E-state index contributed by atoms with van der Waals surface area (Å²) in [7, 11) is 1.52. The van der Waals surface area contributed by atoms with Crippen molar-refractivity contribution < 1.29 is 14.6 Å². The van der Waals surface area contributed by atoms with Gasteiger partial charge in [0.2, 0.25) is 0 Å². The smallest absolute Gasteiger partial charge is 0.257 e. The van der Waals surface area contributed by atoms with Crippen molar-refractivity contribution in [2.75, 3.05) is 18.2 Å². The van der Waals surface area contributed by atoms with Crippen LogP contribution in [0.4, 0.5) is 11.4 Å². The number of phenols is 1. The molecule has 0 heterocycles. The molecule has 5 heteroatoms. The summed E-state index contributed by atoms with van der Waals surface area (Å²) in [5, 5.41) is 12.7. The Balaban J connectivity index is 2.34. The number of amides is 1. The first-order valence-corrected chi connectivity index (χ1v) is 6.47. The molecule has 0 atom stereocenters. The minimum absolute atomic E-state index is 0.0513. The Morgan fingerprint density at radius 1 is 1.24 bits per heavy atom. The fourth-order valence-electron chi connectivity index (χ4n) is 2.10. The van der Waals surface area contributed by atoms with Gasteiger partial charge in [0.25, 0.3) is 5.91 Å². The molecule has 0 radical (unpaired) electrons. The number of ether oxygens (including phenoxy) is 1. The molecule has 0 aliphatic heterocycles. The maximum absolute atomic E-state index is 12.3. The molecule has 110 valence electrons. The van der Waals surface area contributed by atoms with Crippen LogP contribution in [0.2, 0.25) is 0 Å². The van der Waals surface area contributed by atoms with E-state index in [2.05, 4.69) is 5.32 Å². The van der Waals surface area contributed by atoms with Gasteiger partial charge >= 0.3 is 0 Å². The van der Waals surface area contributed by atoms with Gasteiger partial charge in [-0.3, -0.25) is 4.79 Å². The van der Waals surface area contributed by atoms with Crippen molar-refractivity contribution in [1.82, 2.24) is 0 Å². The van der Waals surface area contributed by atoms with Gasteiger partial charge in [0, 0.05) is 5.69 Å². The zero-order chi connectivity index (χ0) is 15.6. The predicted octanol–water partition coefficient (Wildman–Crippen LogP) is 2.85. The molecular formula is C16H18N2O3. The number of nitrogen functional groups attached to an aromatic ring is 1. The van der Waals surface area contributed by atoms with Gasteiger partial charge in [0.15, 0.2) is 0 Å². The minimum Gasteiger partial charge on any atom is -0.505 e. The molecule has 2 rings (SSSR count). The van der Waals surface area contributed by atoms with E-state index < -0.39 is 5.91 Å². The highest BCUT2D eigenvalue weighted by Gasteiger charge is 2.14. The first-order chi connectivity index (χ1) is 9.92. The third kappa shape index (κ3) is 3.08. The summed E-state index contributed by atoms with van der Waals surface area (Å²) in [4.78, 5) is 12.3. The molecule has 1 amide bonds. The third-order valence-electron chi connectivity index (χ3n) is 3.20. The summed E-state index contributed by atoms with van der Waals surface area (Å²) < 4.78 is 5.09. The summed E-state index contributed by atoms with van der Waals surface area (Å²) in [6, 6.07) is 8.39. The molecule has 2 aromatic rings. The highest BCUT2D eigenvalue weighted by molar-refractivity contribution is 6.08. The van der Waals surface area contributed by atoms with Crippen LogP contribution in [-0.4, -0.2) is 18.1 Å². The lowest BCUT2D eigenvalue weighted by Crippen LogP contribution is -2.14. The maximum atomic E-state index is 12.3. The zero-order valence-corrected chi connectivity index (χ0v) is 12.2. The molecule has 0 unspecified atom stereocenters. The number of aromatic hydroxyl groups is 1. The fraction of sp³-hybridized carbons (Fsp3) is 0.188. The van der Waals surface area contributed by atoms with Gasteiger partial charge in [0.1, 0.15) is 11.5 Å². The van der Waals surface area contributed by atoms with Gasteiger partial charge < -0.3 is 20.9 Å². The third-order valence-corrected chi connectivity index (χ3v) is 3.20. The Kier molecular flexibility index (Phi) is 4.03. The molecule has 0 aliphatic carbocycles. The van der Waals surface area contributed by atoms with Crippen LogP contribution in [0.25, 0.3) is 0 Å². The molecule has 0 aromatic heterocycles. The van der Waals surface area contributed by atoms with Crippen LogP contribution in [-0.2, 0) is 0 Å². The number of rotatable bonds is 3. The maximum Gasteiger partial charge on any atom is 0.257 e. The minimum atomic E-state index is -0.397. The molecule has 21 heavy (non-hydrogen) atoms. The number of benzene rings is 2. The van der Waals surface area contributed by atoms with Gasteiger partial charge in [-0.2, -0.15) is 0 Å². The highest BCUT2D eigenvalue weighted by atomic mass is 16.5. The van der Waals surface area contributed by atoms with Crippen molar-refractivity contribution in [3.63, 3.8) is 0 Å². The fourth-order valence-corrected chi connectivity index (χ4v) is 2.10. The van der Waals surface area contributed by atoms with E-state index in [1.54, 1.807) is 31.2 Å². The van der Waals surface area contributed by atoms with Crippen LogP contribution >= 0.6 is 0 Å². The van der Waals surface area contributed by atoms with Crippen molar-refractivity contribution in [2.45, 2.75) is 13.8 Å². The Morgan fingerprint density at radius 2 is 1.95 bits per heavy atom. The Bertz CT molecular complexity index is 696. The topological polar surface area (TPSA) is 84.6 Å². The van der Waals surface area contributed by atoms with Gasteiger partial charge in [-0.05, 0) is 49.2 Å². The number of carbonyl (C=O) groups excluding carboxylic acids is 1. The molecular weight excluding hydrogens is 268 g/mol. The largest absolute Gasteiger partial charge is 0.505 e. The van der Waals surface area contributed by atoms with E-state index in [1.807, 2.05) is 13.0 Å². The molecule has 5 nitrogen and oxygen atoms in total. The van der Waals surface area contributed by atoms with Gasteiger partial charge in [-0.25, -0.2) is 0 Å². The van der Waals surface area contributed by atoms with E-state index in [0.717, 1.165) is 5.56 Å². The van der Waals surface area contributed by atoms with Crippen molar-refractivity contribution in [2.24, 2.45) is 0 Å². The zero-order valence-electron chi connectivity index (χ0n) is 12.2. The average Bonchev–Trinajstić information content (AvgIpc) is 2.44. The van der Waals surface area contributed by atoms with Crippen LogP contribution in [0.15, 0.2) is 30.3 Å². The number of nitrogens with one attached hydrogen (secondary N) is 1. The lowest BCUT2D eigenvalue weighted by molar-refractivity contribution is 0.102. The summed E-state index contributed by atoms with van der Waals surface area (Å²) in [5.41, 5.74) is 8.46. The molecule has 2 aromatic carbocycles. The number of carbonyl (C=O) groups is 1. The van der Waals surface area contributed by atoms with Crippen LogP contribution < -0.4 is 15.8 Å². The van der Waals surface area contributed by atoms with E-state index in [0.29, 0.717) is 28.3 Å². The number of nitrogens with two attached hydrogens (primary N) is 1. The average molecular weight is 286 g/mol. The summed E-state index contributed by atoms with van der Waals surface area (Å²) in [6.45, 7) is 3.67. The van der Waals surface area contributed by atoms with Crippen molar-refractivity contribution in [3.05, 3.63) is 47.0 Å². The number of aryl methyl sites for hydroxylation is 2. The van der Waals surface area contributed by atoms with E-state index in [1.165, 1.54) is 7.11 Å². The Morgan fingerprint density at radius 3 is 2.62 bits per heavy atom. The van der Waals surface area contributed by atoms with Gasteiger partial charge in [-0.1, -0.05) is 6.07 Å². The quantitative estimate of drug-likeness (QED) is 0.598. The monoisotopic (exact) mass is 286 g/mol. The van der Waals surface area contributed by atoms with Crippen molar-refractivity contribution in [3.8, 4) is 11.5 Å². The highest BCUT2D eigenvalue weighted by Crippen LogP contribution is 2.30. The normalized spacial score (nSPS) is 10.2. The molecule has 0 bridgehead atoms. The molecule has 0 fully saturated rings. The van der Waals surface area contributed by atoms with Crippen LogP contribution in [0.1, 0.15) is 21.5 Å². The lowest BCUT2D eigenvalue weighted by Gasteiger charge is -2.12. The summed E-state index contributed by atoms with van der Waals surface area (Å²) >= 11 is 0. The molecule has 0 spiro atoms. The van der Waals surface area contributed by atoms with Crippen LogP contribution in [0.3, 0.4) is 0 Å². The molecule has 0 saturated heterocycles.